The molecule has 0 aromatic carbocycles. The van der Waals surface area contributed by atoms with E-state index in [1.807, 2.05) is 13.8 Å². The molecule has 5 heteroatoms. The van der Waals surface area contributed by atoms with Crippen LogP contribution in [0.4, 0.5) is 0 Å². The molecule has 0 N–H and O–H groups in total. The Morgan fingerprint density at radius 3 is 1.93 bits per heavy atom. The molecule has 1 aliphatic heterocycles. The molecule has 0 unspecified atom stereocenters. The van der Waals surface area contributed by atoms with Crippen molar-refractivity contribution in [3.05, 3.63) is 0 Å². The molecular formula is C10H16O5. The van der Waals surface area contributed by atoms with E-state index < -0.39 is 23.8 Å². The van der Waals surface area contributed by atoms with Crippen LogP contribution in [-0.4, -0.2) is 29.9 Å². The van der Waals surface area contributed by atoms with Crippen LogP contribution in [-0.2, 0) is 23.8 Å². The van der Waals surface area contributed by atoms with Crippen molar-refractivity contribution in [2.24, 2.45) is 0 Å². The van der Waals surface area contributed by atoms with Gasteiger partial charge in [-0.3, -0.25) is 9.59 Å². The highest BCUT2D eigenvalue weighted by Crippen LogP contribution is 2.44. The van der Waals surface area contributed by atoms with Gasteiger partial charge in [0.15, 0.2) is 5.60 Å². The van der Waals surface area contributed by atoms with E-state index in [2.05, 4.69) is 0 Å². The summed E-state index contributed by atoms with van der Waals surface area (Å²) in [5.74, 6) is -0.978. The van der Waals surface area contributed by atoms with Crippen molar-refractivity contribution in [3.8, 4) is 0 Å². The molecule has 15 heavy (non-hydrogen) atoms. The van der Waals surface area contributed by atoms with Gasteiger partial charge in [0.25, 0.3) is 6.29 Å². The van der Waals surface area contributed by atoms with E-state index in [0.717, 1.165) is 0 Å². The summed E-state index contributed by atoms with van der Waals surface area (Å²) in [7, 11) is 0. The van der Waals surface area contributed by atoms with Gasteiger partial charge in [0, 0.05) is 13.8 Å². The fourth-order valence-electron chi connectivity index (χ4n) is 1.60. The Balaban J connectivity index is 2.71. The Morgan fingerprint density at radius 1 is 1.33 bits per heavy atom. The highest BCUT2D eigenvalue weighted by molar-refractivity contribution is 5.68. The van der Waals surface area contributed by atoms with Crippen LogP contribution in [0.2, 0.25) is 0 Å². The van der Waals surface area contributed by atoms with Crippen LogP contribution in [0.3, 0.4) is 0 Å². The van der Waals surface area contributed by atoms with Crippen molar-refractivity contribution in [2.45, 2.75) is 52.1 Å². The Hall–Kier alpha value is -1.10. The lowest BCUT2D eigenvalue weighted by atomic mass is 10.0. The Kier molecular flexibility index (Phi) is 3.34. The molecule has 0 spiro atoms. The number of ether oxygens (including phenoxy) is 3. The Morgan fingerprint density at radius 2 is 1.73 bits per heavy atom. The summed E-state index contributed by atoms with van der Waals surface area (Å²) in [6.45, 7) is 6.28. The first kappa shape index (κ1) is 12.0. The van der Waals surface area contributed by atoms with Crippen molar-refractivity contribution in [3.63, 3.8) is 0 Å². The van der Waals surface area contributed by atoms with Crippen molar-refractivity contribution in [2.75, 3.05) is 0 Å². The summed E-state index contributed by atoms with van der Waals surface area (Å²) in [6.07, 6.45) is -0.377. The summed E-state index contributed by atoms with van der Waals surface area (Å²) in [6, 6.07) is 0. The minimum absolute atomic E-state index is 0.0637. The van der Waals surface area contributed by atoms with E-state index in [4.69, 9.17) is 14.2 Å². The van der Waals surface area contributed by atoms with E-state index in [0.29, 0.717) is 6.42 Å². The molecule has 0 aliphatic carbocycles. The average molecular weight is 216 g/mol. The average Bonchev–Trinajstić information content (AvgIpc) is 2.75. The Bertz CT molecular complexity index is 255. The van der Waals surface area contributed by atoms with Gasteiger partial charge < -0.3 is 14.2 Å². The lowest BCUT2D eigenvalue weighted by Gasteiger charge is -2.22. The lowest BCUT2D eigenvalue weighted by molar-refractivity contribution is -0.198. The number of epoxide rings is 1. The van der Waals surface area contributed by atoms with Crippen LogP contribution in [0.15, 0.2) is 0 Å². The van der Waals surface area contributed by atoms with E-state index in [1.165, 1.54) is 13.8 Å². The van der Waals surface area contributed by atoms with Gasteiger partial charge in [-0.1, -0.05) is 6.92 Å². The number of carbonyl (C=O) groups excluding carboxylic acids is 2. The summed E-state index contributed by atoms with van der Waals surface area (Å²) < 4.78 is 15.2. The van der Waals surface area contributed by atoms with Crippen LogP contribution < -0.4 is 0 Å². The molecular weight excluding hydrogens is 200 g/mol. The van der Waals surface area contributed by atoms with Gasteiger partial charge >= 0.3 is 11.9 Å². The molecule has 1 heterocycles. The van der Waals surface area contributed by atoms with Crippen LogP contribution >= 0.6 is 0 Å². The first-order chi connectivity index (χ1) is 6.92. The molecule has 0 amide bonds. The van der Waals surface area contributed by atoms with Crippen LogP contribution in [0.5, 0.6) is 0 Å². The minimum atomic E-state index is -0.938. The second-order valence-corrected chi connectivity index (χ2v) is 3.62. The Labute approximate surface area is 88.7 Å². The molecule has 2 atom stereocenters. The summed E-state index contributed by atoms with van der Waals surface area (Å²) >= 11 is 0. The quantitative estimate of drug-likeness (QED) is 0.398. The summed E-state index contributed by atoms with van der Waals surface area (Å²) in [5, 5.41) is 0. The highest BCUT2D eigenvalue weighted by atomic mass is 16.8. The lowest BCUT2D eigenvalue weighted by Crippen LogP contribution is -2.38. The van der Waals surface area contributed by atoms with E-state index in [1.54, 1.807) is 0 Å². The fourth-order valence-corrected chi connectivity index (χ4v) is 1.60. The predicted octanol–water partition coefficient (Wildman–Crippen LogP) is 1.01. The normalized spacial score (nSPS) is 28.7. The second kappa shape index (κ2) is 4.18. The third-order valence-corrected chi connectivity index (χ3v) is 2.52. The molecule has 0 saturated carbocycles. The minimum Gasteiger partial charge on any atom is -0.422 e. The molecule has 1 saturated heterocycles. The van der Waals surface area contributed by atoms with Crippen molar-refractivity contribution in [1.82, 2.24) is 0 Å². The molecule has 1 aliphatic rings. The third-order valence-electron chi connectivity index (χ3n) is 2.52. The van der Waals surface area contributed by atoms with Crippen molar-refractivity contribution >= 4 is 11.9 Å². The van der Waals surface area contributed by atoms with Gasteiger partial charge in [-0.2, -0.15) is 0 Å². The van der Waals surface area contributed by atoms with Gasteiger partial charge in [0.2, 0.25) is 0 Å². The zero-order valence-electron chi connectivity index (χ0n) is 9.40. The molecule has 0 bridgehead atoms. The third kappa shape index (κ3) is 2.47. The molecule has 5 nitrogen and oxygen atoms in total. The molecule has 0 radical (unpaired) electrons. The van der Waals surface area contributed by atoms with E-state index in [-0.39, 0.29) is 6.10 Å². The van der Waals surface area contributed by atoms with Gasteiger partial charge in [-0.25, -0.2) is 0 Å². The molecule has 86 valence electrons. The van der Waals surface area contributed by atoms with Crippen LogP contribution in [0.25, 0.3) is 0 Å². The fraction of sp³-hybridized carbons (Fsp3) is 0.800. The SMILES string of the molecule is CC[C@]1(C(OC(C)=O)OC(C)=O)O[C@@H]1C. The van der Waals surface area contributed by atoms with Crippen molar-refractivity contribution in [1.29, 1.82) is 0 Å². The van der Waals surface area contributed by atoms with Crippen LogP contribution in [0.1, 0.15) is 34.1 Å². The van der Waals surface area contributed by atoms with Crippen LogP contribution in [0, 0.1) is 0 Å². The predicted molar refractivity (Wildman–Crippen MR) is 50.9 cm³/mol. The zero-order chi connectivity index (χ0) is 11.6. The number of esters is 2. The van der Waals surface area contributed by atoms with Gasteiger partial charge in [0.05, 0.1) is 6.10 Å². The molecule has 1 fully saturated rings. The number of carbonyl (C=O) groups is 2. The standard InChI is InChI=1S/C10H16O5/c1-5-10(6(2)15-10)9(13-7(3)11)14-8(4)12/h6,9H,5H2,1-4H3/t6-,10+/m1/s1. The summed E-state index contributed by atoms with van der Waals surface area (Å²) in [5.41, 5.74) is -0.655. The maximum Gasteiger partial charge on any atom is 0.305 e. The topological polar surface area (TPSA) is 65.1 Å². The number of hydrogen-bond donors (Lipinski definition) is 0. The van der Waals surface area contributed by atoms with Gasteiger partial charge in [-0.15, -0.1) is 0 Å². The van der Waals surface area contributed by atoms with E-state index >= 15 is 0 Å². The number of rotatable bonds is 4. The molecule has 0 aromatic heterocycles. The zero-order valence-corrected chi connectivity index (χ0v) is 9.40. The largest absolute Gasteiger partial charge is 0.422 e. The summed E-state index contributed by atoms with van der Waals surface area (Å²) in [4.78, 5) is 21.7. The van der Waals surface area contributed by atoms with Crippen molar-refractivity contribution < 1.29 is 23.8 Å². The van der Waals surface area contributed by atoms with E-state index in [9.17, 15) is 9.59 Å². The van der Waals surface area contributed by atoms with Gasteiger partial charge in [0.1, 0.15) is 0 Å². The second-order valence-electron chi connectivity index (χ2n) is 3.62. The number of hydrogen-bond acceptors (Lipinski definition) is 5. The maximum absolute atomic E-state index is 10.9. The smallest absolute Gasteiger partial charge is 0.305 e. The molecule has 0 aromatic rings. The molecule has 1 rings (SSSR count). The highest BCUT2D eigenvalue weighted by Gasteiger charge is 2.61. The maximum atomic E-state index is 10.9. The monoisotopic (exact) mass is 216 g/mol. The first-order valence-electron chi connectivity index (χ1n) is 4.94. The van der Waals surface area contributed by atoms with Gasteiger partial charge in [-0.05, 0) is 13.3 Å². The first-order valence-corrected chi connectivity index (χ1v) is 4.94.